The van der Waals surface area contributed by atoms with E-state index in [1.807, 2.05) is 17.0 Å². The molecule has 1 aliphatic rings. The highest BCUT2D eigenvalue weighted by Crippen LogP contribution is 2.15. The van der Waals surface area contributed by atoms with Crippen LogP contribution in [0.5, 0.6) is 0 Å². The van der Waals surface area contributed by atoms with Gasteiger partial charge in [0, 0.05) is 13.1 Å². The topological polar surface area (TPSA) is 67.9 Å². The number of likely N-dealkylation sites (tertiary alicyclic amines) is 1. The van der Waals surface area contributed by atoms with E-state index in [0.717, 1.165) is 25.9 Å². The number of rotatable bonds is 2. The molecule has 1 aromatic carbocycles. The lowest BCUT2D eigenvalue weighted by Gasteiger charge is -2.15. The Hall–Kier alpha value is -2.33. The van der Waals surface area contributed by atoms with Gasteiger partial charge in [-0.15, -0.1) is 0 Å². The third-order valence-electron chi connectivity index (χ3n) is 3.16. The zero-order valence-corrected chi connectivity index (χ0v) is 10.0. The maximum Gasteiger partial charge on any atom is 0.227 e. The molecule has 0 saturated carbocycles. The first-order valence-electron chi connectivity index (χ1n) is 5.95. The lowest BCUT2D eigenvalue weighted by Crippen LogP contribution is -2.29. The van der Waals surface area contributed by atoms with E-state index < -0.39 is 0 Å². The summed E-state index contributed by atoms with van der Waals surface area (Å²) in [7, 11) is 0. The Balaban J connectivity index is 2.16. The Morgan fingerprint density at radius 3 is 2.56 bits per heavy atom. The molecular weight excluding hydrogens is 226 g/mol. The molecule has 1 heterocycles. The fraction of sp³-hybridized carbons (Fsp3) is 0.357. The lowest BCUT2D eigenvalue weighted by molar-refractivity contribution is -0.129. The van der Waals surface area contributed by atoms with Gasteiger partial charge in [0.15, 0.2) is 0 Å². The van der Waals surface area contributed by atoms with Crippen LogP contribution >= 0.6 is 0 Å². The van der Waals surface area contributed by atoms with Gasteiger partial charge in [0.1, 0.15) is 0 Å². The zero-order valence-electron chi connectivity index (χ0n) is 10.0. The van der Waals surface area contributed by atoms with Crippen LogP contribution in [0.25, 0.3) is 0 Å². The zero-order chi connectivity index (χ0) is 13.0. The second-order valence-electron chi connectivity index (χ2n) is 4.36. The molecule has 4 nitrogen and oxygen atoms in total. The van der Waals surface area contributed by atoms with Crippen molar-refractivity contribution in [3.05, 3.63) is 34.9 Å². The first-order valence-corrected chi connectivity index (χ1v) is 5.95. The van der Waals surface area contributed by atoms with Crippen LogP contribution in [0.15, 0.2) is 18.2 Å². The highest BCUT2D eigenvalue weighted by molar-refractivity contribution is 5.79. The number of carbonyl (C=O) groups is 1. The molecule has 1 amide bonds. The van der Waals surface area contributed by atoms with Crippen LogP contribution < -0.4 is 0 Å². The largest absolute Gasteiger partial charge is 0.342 e. The molecule has 0 unspecified atom stereocenters. The van der Waals surface area contributed by atoms with Crippen LogP contribution in [-0.4, -0.2) is 23.9 Å². The first-order chi connectivity index (χ1) is 8.74. The average Bonchev–Trinajstić information content (AvgIpc) is 2.93. The maximum atomic E-state index is 12.0. The van der Waals surface area contributed by atoms with Crippen molar-refractivity contribution in [1.82, 2.24) is 4.90 Å². The number of hydrogen-bond donors (Lipinski definition) is 0. The van der Waals surface area contributed by atoms with E-state index in [0.29, 0.717) is 16.7 Å². The van der Waals surface area contributed by atoms with E-state index in [1.54, 1.807) is 12.1 Å². The molecule has 4 heteroatoms. The minimum absolute atomic E-state index is 0.0636. The summed E-state index contributed by atoms with van der Waals surface area (Å²) in [6, 6.07) is 8.92. The van der Waals surface area contributed by atoms with Gasteiger partial charge in [0.2, 0.25) is 5.91 Å². The van der Waals surface area contributed by atoms with Crippen molar-refractivity contribution in [3.63, 3.8) is 0 Å². The highest BCUT2D eigenvalue weighted by Gasteiger charge is 2.19. The molecule has 0 N–H and O–H groups in total. The molecule has 90 valence electrons. The van der Waals surface area contributed by atoms with Crippen molar-refractivity contribution in [3.8, 4) is 12.1 Å². The summed E-state index contributed by atoms with van der Waals surface area (Å²) in [4.78, 5) is 13.8. The minimum Gasteiger partial charge on any atom is -0.342 e. The molecule has 0 radical (unpaired) electrons. The van der Waals surface area contributed by atoms with Gasteiger partial charge in [0.25, 0.3) is 0 Å². The third-order valence-corrected chi connectivity index (χ3v) is 3.16. The molecule has 1 fully saturated rings. The Labute approximate surface area is 106 Å². The summed E-state index contributed by atoms with van der Waals surface area (Å²) in [5, 5.41) is 17.8. The van der Waals surface area contributed by atoms with Crippen molar-refractivity contribution in [2.45, 2.75) is 19.3 Å². The van der Waals surface area contributed by atoms with Crippen LogP contribution in [0.3, 0.4) is 0 Å². The molecule has 2 rings (SSSR count). The van der Waals surface area contributed by atoms with Gasteiger partial charge in [0.05, 0.1) is 29.7 Å². The number of hydrogen-bond acceptors (Lipinski definition) is 3. The van der Waals surface area contributed by atoms with Crippen LogP contribution in [0.2, 0.25) is 0 Å². The predicted molar refractivity (Wildman–Crippen MR) is 65.4 cm³/mol. The third kappa shape index (κ3) is 2.49. The Morgan fingerprint density at radius 1 is 1.22 bits per heavy atom. The number of benzene rings is 1. The van der Waals surface area contributed by atoms with Gasteiger partial charge in [-0.05, 0) is 30.5 Å². The molecule has 0 spiro atoms. The van der Waals surface area contributed by atoms with Gasteiger partial charge < -0.3 is 4.90 Å². The van der Waals surface area contributed by atoms with E-state index in [4.69, 9.17) is 10.5 Å². The molecular formula is C14H13N3O. The van der Waals surface area contributed by atoms with E-state index >= 15 is 0 Å². The summed E-state index contributed by atoms with van der Waals surface area (Å²) in [6.45, 7) is 1.63. The molecule has 0 aliphatic carbocycles. The number of carbonyl (C=O) groups excluding carboxylic acids is 1. The van der Waals surface area contributed by atoms with Crippen LogP contribution in [0.4, 0.5) is 0 Å². The number of amides is 1. The van der Waals surface area contributed by atoms with E-state index in [1.165, 1.54) is 6.07 Å². The van der Waals surface area contributed by atoms with Crippen molar-refractivity contribution < 1.29 is 4.79 Å². The average molecular weight is 239 g/mol. The number of nitrogens with zero attached hydrogens (tertiary/aromatic N) is 3. The van der Waals surface area contributed by atoms with Gasteiger partial charge in [-0.2, -0.15) is 10.5 Å². The van der Waals surface area contributed by atoms with Crippen LogP contribution in [-0.2, 0) is 11.2 Å². The minimum atomic E-state index is 0.0636. The van der Waals surface area contributed by atoms with Crippen LogP contribution in [0.1, 0.15) is 29.5 Å². The molecule has 1 aromatic rings. The normalized spacial score (nSPS) is 14.0. The quantitative estimate of drug-likeness (QED) is 0.787. The van der Waals surface area contributed by atoms with E-state index in [2.05, 4.69) is 0 Å². The summed E-state index contributed by atoms with van der Waals surface area (Å²) in [5.41, 5.74) is 1.57. The molecule has 0 bridgehead atoms. The lowest BCUT2D eigenvalue weighted by atomic mass is 10.0. The second-order valence-corrected chi connectivity index (χ2v) is 4.36. The van der Waals surface area contributed by atoms with Crippen molar-refractivity contribution >= 4 is 5.91 Å². The van der Waals surface area contributed by atoms with E-state index in [9.17, 15) is 4.79 Å². The SMILES string of the molecule is N#Cc1ccc(CC(=O)N2CCCC2)c(C#N)c1. The Bertz CT molecular complexity index is 545. The van der Waals surface area contributed by atoms with Crippen molar-refractivity contribution in [2.75, 3.05) is 13.1 Å². The Morgan fingerprint density at radius 2 is 1.94 bits per heavy atom. The van der Waals surface area contributed by atoms with Crippen LogP contribution in [0, 0.1) is 22.7 Å². The highest BCUT2D eigenvalue weighted by atomic mass is 16.2. The molecule has 1 aliphatic heterocycles. The molecule has 18 heavy (non-hydrogen) atoms. The first kappa shape index (κ1) is 12.1. The fourth-order valence-electron chi connectivity index (χ4n) is 2.15. The fourth-order valence-corrected chi connectivity index (χ4v) is 2.15. The van der Waals surface area contributed by atoms with Gasteiger partial charge in [-0.25, -0.2) is 0 Å². The summed E-state index contributed by atoms with van der Waals surface area (Å²) < 4.78 is 0. The number of nitriles is 2. The smallest absolute Gasteiger partial charge is 0.227 e. The second kappa shape index (κ2) is 5.33. The maximum absolute atomic E-state index is 12.0. The summed E-state index contributed by atoms with van der Waals surface area (Å²) in [6.07, 6.45) is 2.36. The molecule has 0 atom stereocenters. The van der Waals surface area contributed by atoms with Crippen molar-refractivity contribution in [2.24, 2.45) is 0 Å². The Kier molecular flexibility index (Phi) is 3.60. The monoisotopic (exact) mass is 239 g/mol. The molecule has 0 aromatic heterocycles. The van der Waals surface area contributed by atoms with Gasteiger partial charge >= 0.3 is 0 Å². The summed E-state index contributed by atoms with van der Waals surface area (Å²) >= 11 is 0. The van der Waals surface area contributed by atoms with Crippen molar-refractivity contribution in [1.29, 1.82) is 10.5 Å². The van der Waals surface area contributed by atoms with Gasteiger partial charge in [-0.1, -0.05) is 6.07 Å². The standard InChI is InChI=1S/C14H13N3O/c15-9-11-3-4-12(13(7-11)10-16)8-14(18)17-5-1-2-6-17/h3-4,7H,1-2,5-6,8H2. The van der Waals surface area contributed by atoms with Gasteiger partial charge in [-0.3, -0.25) is 4.79 Å². The summed E-state index contributed by atoms with van der Waals surface area (Å²) in [5.74, 6) is 0.0636. The molecule has 1 saturated heterocycles. The van der Waals surface area contributed by atoms with E-state index in [-0.39, 0.29) is 12.3 Å². The predicted octanol–water partition coefficient (Wildman–Crippen LogP) is 1.59.